The van der Waals surface area contributed by atoms with Crippen molar-refractivity contribution in [2.45, 2.75) is 19.4 Å². The first kappa shape index (κ1) is 8.19. The summed E-state index contributed by atoms with van der Waals surface area (Å²) in [5.41, 5.74) is 0.741. The van der Waals surface area contributed by atoms with E-state index in [1.54, 1.807) is 32.3 Å². The van der Waals surface area contributed by atoms with Gasteiger partial charge >= 0.3 is 0 Å². The van der Waals surface area contributed by atoms with Crippen molar-refractivity contribution < 1.29 is 5.11 Å². The third kappa shape index (κ3) is 1.40. The van der Waals surface area contributed by atoms with E-state index in [9.17, 15) is 5.11 Å². The Labute approximate surface area is 75.7 Å². The molecule has 2 N–H and O–H groups in total. The largest absolute Gasteiger partial charge is 0.383 e. The van der Waals surface area contributed by atoms with Crippen molar-refractivity contribution in [2.24, 2.45) is 0 Å². The number of nitrogens with one attached hydrogen (secondary N) is 1. The van der Waals surface area contributed by atoms with Crippen LogP contribution in [0.3, 0.4) is 0 Å². The second-order valence-electron chi connectivity index (χ2n) is 3.54. The molecule has 0 radical (unpaired) electrons. The van der Waals surface area contributed by atoms with E-state index in [1.807, 2.05) is 0 Å². The van der Waals surface area contributed by atoms with Gasteiger partial charge in [-0.2, -0.15) is 0 Å². The summed E-state index contributed by atoms with van der Waals surface area (Å²) in [6.07, 6.45) is 3.37. The number of fused-ring (bicyclic) bond motifs is 1. The molecular formula is C9H11N3O. The quantitative estimate of drug-likeness (QED) is 0.687. The molecule has 4 heteroatoms. The fraction of sp³-hybridized carbons (Fsp3) is 0.333. The molecule has 0 bridgehead atoms. The number of pyridine rings is 1. The predicted molar refractivity (Wildman–Crippen MR) is 49.1 cm³/mol. The average molecular weight is 177 g/mol. The van der Waals surface area contributed by atoms with E-state index >= 15 is 0 Å². The van der Waals surface area contributed by atoms with Gasteiger partial charge in [0.1, 0.15) is 11.4 Å². The van der Waals surface area contributed by atoms with Gasteiger partial charge in [0.25, 0.3) is 0 Å². The minimum Gasteiger partial charge on any atom is -0.383 e. The van der Waals surface area contributed by atoms with Gasteiger partial charge in [0.15, 0.2) is 0 Å². The molecule has 0 atom stereocenters. The third-order valence-electron chi connectivity index (χ3n) is 1.86. The summed E-state index contributed by atoms with van der Waals surface area (Å²) in [5, 5.41) is 9.68. The van der Waals surface area contributed by atoms with Gasteiger partial charge in [0, 0.05) is 6.20 Å². The predicted octanol–water partition coefficient (Wildman–Crippen LogP) is 1.19. The van der Waals surface area contributed by atoms with Gasteiger partial charge in [0.05, 0.1) is 17.2 Å². The first-order valence-corrected chi connectivity index (χ1v) is 4.10. The van der Waals surface area contributed by atoms with Gasteiger partial charge in [-0.3, -0.25) is 4.98 Å². The van der Waals surface area contributed by atoms with Crippen molar-refractivity contribution in [1.82, 2.24) is 15.0 Å². The molecule has 0 spiro atoms. The second-order valence-corrected chi connectivity index (χ2v) is 3.54. The molecule has 0 aliphatic heterocycles. The topological polar surface area (TPSA) is 61.8 Å². The maximum absolute atomic E-state index is 9.68. The fourth-order valence-electron chi connectivity index (χ4n) is 1.15. The molecule has 2 heterocycles. The Balaban J connectivity index is 2.63. The van der Waals surface area contributed by atoms with Crippen LogP contribution in [0.15, 0.2) is 18.5 Å². The summed E-state index contributed by atoms with van der Waals surface area (Å²) in [6, 6.07) is 1.81. The van der Waals surface area contributed by atoms with Crippen LogP contribution in [0.25, 0.3) is 11.0 Å². The zero-order valence-corrected chi connectivity index (χ0v) is 7.57. The highest BCUT2D eigenvalue weighted by Crippen LogP contribution is 2.19. The lowest BCUT2D eigenvalue weighted by Gasteiger charge is -2.12. The Morgan fingerprint density at radius 2 is 2.23 bits per heavy atom. The molecule has 0 aromatic carbocycles. The Morgan fingerprint density at radius 1 is 1.46 bits per heavy atom. The normalized spacial score (nSPS) is 12.2. The Kier molecular flexibility index (Phi) is 1.60. The number of H-pyrrole nitrogens is 1. The summed E-state index contributed by atoms with van der Waals surface area (Å²) in [4.78, 5) is 11.2. The molecule has 0 amide bonds. The second kappa shape index (κ2) is 2.53. The summed E-state index contributed by atoms with van der Waals surface area (Å²) in [5.74, 6) is 0.565. The summed E-state index contributed by atoms with van der Waals surface area (Å²) in [6.45, 7) is 3.39. The van der Waals surface area contributed by atoms with Crippen molar-refractivity contribution in [2.75, 3.05) is 0 Å². The molecule has 2 rings (SSSR count). The monoisotopic (exact) mass is 177 g/mol. The molecule has 0 saturated carbocycles. The molecule has 0 aliphatic carbocycles. The highest BCUT2D eigenvalue weighted by molar-refractivity contribution is 5.73. The van der Waals surface area contributed by atoms with Crippen LogP contribution in [0, 0.1) is 0 Å². The highest BCUT2D eigenvalue weighted by Gasteiger charge is 2.19. The van der Waals surface area contributed by atoms with Crippen LogP contribution in [-0.4, -0.2) is 20.1 Å². The van der Waals surface area contributed by atoms with E-state index in [4.69, 9.17) is 0 Å². The van der Waals surface area contributed by atoms with Gasteiger partial charge in [-0.05, 0) is 19.9 Å². The van der Waals surface area contributed by atoms with Gasteiger partial charge in [-0.25, -0.2) is 4.98 Å². The van der Waals surface area contributed by atoms with E-state index in [0.717, 1.165) is 11.0 Å². The van der Waals surface area contributed by atoms with Crippen LogP contribution in [0.4, 0.5) is 0 Å². The first-order chi connectivity index (χ1) is 6.07. The Hall–Kier alpha value is -1.42. The van der Waals surface area contributed by atoms with E-state index in [0.29, 0.717) is 5.82 Å². The molecule has 0 unspecified atom stereocenters. The van der Waals surface area contributed by atoms with E-state index in [2.05, 4.69) is 15.0 Å². The number of aliphatic hydroxyl groups is 1. The van der Waals surface area contributed by atoms with E-state index in [-0.39, 0.29) is 0 Å². The molecule has 0 saturated heterocycles. The van der Waals surface area contributed by atoms with Gasteiger partial charge in [-0.15, -0.1) is 0 Å². The first-order valence-electron chi connectivity index (χ1n) is 4.10. The SMILES string of the molecule is CC(C)(O)c1nc2ccncc2[nH]1. The zero-order chi connectivity index (χ0) is 9.47. The summed E-state index contributed by atoms with van der Waals surface area (Å²) in [7, 11) is 0. The van der Waals surface area contributed by atoms with Crippen molar-refractivity contribution in [3.8, 4) is 0 Å². The van der Waals surface area contributed by atoms with Crippen LogP contribution in [0.2, 0.25) is 0 Å². The van der Waals surface area contributed by atoms with Crippen LogP contribution in [0.5, 0.6) is 0 Å². The van der Waals surface area contributed by atoms with Crippen LogP contribution < -0.4 is 0 Å². The van der Waals surface area contributed by atoms with E-state index in [1.165, 1.54) is 0 Å². The zero-order valence-electron chi connectivity index (χ0n) is 7.57. The number of aromatic nitrogens is 3. The van der Waals surface area contributed by atoms with E-state index < -0.39 is 5.60 Å². The lowest BCUT2D eigenvalue weighted by Crippen LogP contribution is -2.17. The molecule has 0 fully saturated rings. The summed E-state index contributed by atoms with van der Waals surface area (Å²) < 4.78 is 0. The number of rotatable bonds is 1. The minimum atomic E-state index is -0.932. The van der Waals surface area contributed by atoms with Crippen molar-refractivity contribution in [1.29, 1.82) is 0 Å². The van der Waals surface area contributed by atoms with Gasteiger partial charge < -0.3 is 10.1 Å². The molecule has 4 nitrogen and oxygen atoms in total. The van der Waals surface area contributed by atoms with Crippen LogP contribution in [0.1, 0.15) is 19.7 Å². The maximum Gasteiger partial charge on any atom is 0.138 e. The van der Waals surface area contributed by atoms with Crippen molar-refractivity contribution in [3.63, 3.8) is 0 Å². The number of imidazole rings is 1. The summed E-state index contributed by atoms with van der Waals surface area (Å²) >= 11 is 0. The lowest BCUT2D eigenvalue weighted by molar-refractivity contribution is 0.0700. The fourth-order valence-corrected chi connectivity index (χ4v) is 1.15. The number of aromatic amines is 1. The molecule has 13 heavy (non-hydrogen) atoms. The standard InChI is InChI=1S/C9H11N3O/c1-9(2,13)8-11-6-3-4-10-5-7(6)12-8/h3-5,13H,1-2H3,(H,11,12). The Morgan fingerprint density at radius 3 is 2.85 bits per heavy atom. The molecule has 2 aromatic heterocycles. The third-order valence-corrected chi connectivity index (χ3v) is 1.86. The van der Waals surface area contributed by atoms with Crippen molar-refractivity contribution in [3.05, 3.63) is 24.3 Å². The minimum absolute atomic E-state index is 0.565. The van der Waals surface area contributed by atoms with Crippen LogP contribution >= 0.6 is 0 Å². The molecule has 0 aliphatic rings. The molecular weight excluding hydrogens is 166 g/mol. The number of hydrogen-bond acceptors (Lipinski definition) is 3. The smallest absolute Gasteiger partial charge is 0.138 e. The average Bonchev–Trinajstić information content (AvgIpc) is 2.45. The molecule has 2 aromatic rings. The maximum atomic E-state index is 9.68. The van der Waals surface area contributed by atoms with Crippen LogP contribution in [-0.2, 0) is 5.60 Å². The molecule has 68 valence electrons. The highest BCUT2D eigenvalue weighted by atomic mass is 16.3. The Bertz CT molecular complexity index is 395. The number of nitrogens with zero attached hydrogens (tertiary/aromatic N) is 2. The van der Waals surface area contributed by atoms with Gasteiger partial charge in [0.2, 0.25) is 0 Å². The number of hydrogen-bond donors (Lipinski definition) is 2. The van der Waals surface area contributed by atoms with Gasteiger partial charge in [-0.1, -0.05) is 0 Å². The lowest BCUT2D eigenvalue weighted by atomic mass is 10.1. The van der Waals surface area contributed by atoms with Crippen molar-refractivity contribution >= 4 is 11.0 Å².